The van der Waals surface area contributed by atoms with Crippen molar-refractivity contribution in [3.63, 3.8) is 0 Å². The lowest BCUT2D eigenvalue weighted by atomic mass is 10.1. The average Bonchev–Trinajstić information content (AvgIpc) is 3.28. The molecule has 0 bridgehead atoms. The second-order valence-corrected chi connectivity index (χ2v) is 17.8. The summed E-state index contributed by atoms with van der Waals surface area (Å²) in [7, 11) is 0. The lowest BCUT2D eigenvalue weighted by Crippen LogP contribution is -2.30. The van der Waals surface area contributed by atoms with Gasteiger partial charge in [-0.15, -0.1) is 0 Å². The molecule has 6 heteroatoms. The van der Waals surface area contributed by atoms with Gasteiger partial charge in [-0.3, -0.25) is 14.4 Å². The Balaban J connectivity index is 4.17. The molecule has 1 atom stereocenters. The van der Waals surface area contributed by atoms with E-state index in [1.165, 1.54) is 135 Å². The minimum Gasteiger partial charge on any atom is -0.462 e. The number of esters is 3. The summed E-state index contributed by atoms with van der Waals surface area (Å²) in [6.45, 7) is 6.51. The van der Waals surface area contributed by atoms with Gasteiger partial charge in [0.05, 0.1) is 0 Å². The lowest BCUT2D eigenvalue weighted by molar-refractivity contribution is -0.167. The van der Waals surface area contributed by atoms with Gasteiger partial charge in [-0.05, 0) is 89.9 Å². The zero-order valence-electron chi connectivity index (χ0n) is 41.6. The number of unbranched alkanes of at least 4 members (excludes halogenated alkanes) is 27. The van der Waals surface area contributed by atoms with Gasteiger partial charge in [0.2, 0.25) is 0 Å². The van der Waals surface area contributed by atoms with E-state index < -0.39 is 6.10 Å². The Labute approximate surface area is 390 Å². The molecule has 0 aliphatic carbocycles. The van der Waals surface area contributed by atoms with Crippen LogP contribution in [0.1, 0.15) is 265 Å². The second-order valence-electron chi connectivity index (χ2n) is 17.8. The van der Waals surface area contributed by atoms with E-state index in [2.05, 4.69) is 81.5 Å². The van der Waals surface area contributed by atoms with Gasteiger partial charge in [-0.2, -0.15) is 0 Å². The van der Waals surface area contributed by atoms with E-state index in [9.17, 15) is 14.4 Å². The van der Waals surface area contributed by atoms with Gasteiger partial charge in [0.25, 0.3) is 0 Å². The van der Waals surface area contributed by atoms with E-state index >= 15 is 0 Å². The zero-order chi connectivity index (χ0) is 45.8. The largest absolute Gasteiger partial charge is 0.462 e. The van der Waals surface area contributed by atoms with Crippen LogP contribution in [0.25, 0.3) is 0 Å². The highest BCUT2D eigenvalue weighted by molar-refractivity contribution is 5.71. The molecule has 0 heterocycles. The van der Waals surface area contributed by atoms with Gasteiger partial charge in [0.15, 0.2) is 6.10 Å². The normalized spacial score (nSPS) is 12.5. The van der Waals surface area contributed by atoms with Crippen molar-refractivity contribution in [1.82, 2.24) is 0 Å². The summed E-state index contributed by atoms with van der Waals surface area (Å²) < 4.78 is 16.7. The van der Waals surface area contributed by atoms with Gasteiger partial charge in [0, 0.05) is 19.3 Å². The molecular formula is C57H100O6. The number of hydrogen-bond acceptors (Lipinski definition) is 6. The highest BCUT2D eigenvalue weighted by Crippen LogP contribution is 2.14. The third kappa shape index (κ3) is 50.0. The molecule has 0 fully saturated rings. The van der Waals surface area contributed by atoms with Crippen LogP contribution in [0.4, 0.5) is 0 Å². The van der Waals surface area contributed by atoms with Crippen LogP contribution in [0, 0.1) is 0 Å². The Kier molecular flexibility index (Phi) is 49.4. The summed E-state index contributed by atoms with van der Waals surface area (Å²) in [5.74, 6) is -0.907. The highest BCUT2D eigenvalue weighted by atomic mass is 16.6. The maximum atomic E-state index is 12.8. The monoisotopic (exact) mass is 881 g/mol. The molecule has 0 amide bonds. The van der Waals surface area contributed by atoms with Crippen molar-refractivity contribution in [2.24, 2.45) is 0 Å². The second kappa shape index (κ2) is 51.7. The van der Waals surface area contributed by atoms with Crippen LogP contribution in [0.15, 0.2) is 60.8 Å². The fraction of sp³-hybridized carbons (Fsp3) is 0.772. The van der Waals surface area contributed by atoms with E-state index in [0.29, 0.717) is 19.3 Å². The smallest absolute Gasteiger partial charge is 0.306 e. The molecule has 0 radical (unpaired) electrons. The number of ether oxygens (including phenoxy) is 3. The van der Waals surface area contributed by atoms with Crippen LogP contribution in [-0.4, -0.2) is 37.2 Å². The fourth-order valence-corrected chi connectivity index (χ4v) is 7.42. The molecule has 0 aromatic rings. The first-order valence-electron chi connectivity index (χ1n) is 26.8. The van der Waals surface area contributed by atoms with Crippen molar-refractivity contribution >= 4 is 17.9 Å². The minimum atomic E-state index is -0.778. The first-order valence-corrected chi connectivity index (χ1v) is 26.8. The minimum absolute atomic E-state index is 0.0809. The molecule has 0 aromatic carbocycles. The molecule has 0 rings (SSSR count). The average molecular weight is 881 g/mol. The molecule has 0 spiro atoms. The van der Waals surface area contributed by atoms with Gasteiger partial charge in [0.1, 0.15) is 13.2 Å². The summed E-state index contributed by atoms with van der Waals surface area (Å²) in [5.41, 5.74) is 0. The summed E-state index contributed by atoms with van der Waals surface area (Å²) >= 11 is 0. The van der Waals surface area contributed by atoms with Crippen molar-refractivity contribution in [3.8, 4) is 0 Å². The fourth-order valence-electron chi connectivity index (χ4n) is 7.42. The van der Waals surface area contributed by atoms with Crippen molar-refractivity contribution in [1.29, 1.82) is 0 Å². The predicted molar refractivity (Wildman–Crippen MR) is 270 cm³/mol. The lowest BCUT2D eigenvalue weighted by Gasteiger charge is -2.18. The van der Waals surface area contributed by atoms with E-state index in [1.807, 2.05) is 0 Å². The standard InChI is InChI=1S/C57H100O6/c1-4-7-10-13-15-17-19-21-23-25-27-28-30-31-33-35-37-39-41-44-47-50-56(59)62-53-54(52-61-55(58)49-46-43-12-9-6-3)63-57(60)51-48-45-42-40-38-36-34-32-29-26-24-22-20-18-16-14-11-8-5-2/h16,18-19,21-22,24-25,27,30-31,54H,4-15,17,20,23,26,28-29,32-53H2,1-3H3/b18-16-,21-19-,24-22-,27-25-,31-30-. The van der Waals surface area contributed by atoms with Crippen LogP contribution in [0.5, 0.6) is 0 Å². The number of carbonyl (C=O) groups is 3. The van der Waals surface area contributed by atoms with Crippen LogP contribution in [0.3, 0.4) is 0 Å². The Hall–Kier alpha value is -2.89. The number of rotatable bonds is 48. The van der Waals surface area contributed by atoms with Gasteiger partial charge >= 0.3 is 17.9 Å². The molecule has 364 valence electrons. The van der Waals surface area contributed by atoms with E-state index in [-0.39, 0.29) is 31.1 Å². The van der Waals surface area contributed by atoms with E-state index in [4.69, 9.17) is 14.2 Å². The van der Waals surface area contributed by atoms with E-state index in [0.717, 1.165) is 89.9 Å². The summed E-state index contributed by atoms with van der Waals surface area (Å²) in [6, 6.07) is 0. The molecule has 0 aliphatic heterocycles. The van der Waals surface area contributed by atoms with Gasteiger partial charge in [-0.1, -0.05) is 216 Å². The maximum Gasteiger partial charge on any atom is 0.306 e. The third-order valence-electron chi connectivity index (χ3n) is 11.5. The summed E-state index contributed by atoms with van der Waals surface area (Å²) in [6.07, 6.45) is 63.8. The van der Waals surface area contributed by atoms with Crippen molar-refractivity contribution < 1.29 is 28.6 Å². The highest BCUT2D eigenvalue weighted by Gasteiger charge is 2.19. The third-order valence-corrected chi connectivity index (χ3v) is 11.5. The Bertz CT molecular complexity index is 1150. The number of carbonyl (C=O) groups excluding carboxylic acids is 3. The Morgan fingerprint density at radius 2 is 0.571 bits per heavy atom. The van der Waals surface area contributed by atoms with Gasteiger partial charge < -0.3 is 14.2 Å². The first-order chi connectivity index (χ1) is 31.0. The van der Waals surface area contributed by atoms with Crippen LogP contribution >= 0.6 is 0 Å². The quantitative estimate of drug-likeness (QED) is 0.0262. The zero-order valence-corrected chi connectivity index (χ0v) is 41.6. The molecule has 0 aromatic heterocycles. The molecular weight excluding hydrogens is 781 g/mol. The first kappa shape index (κ1) is 60.1. The molecule has 6 nitrogen and oxygen atoms in total. The molecule has 63 heavy (non-hydrogen) atoms. The molecule has 0 saturated carbocycles. The molecule has 0 N–H and O–H groups in total. The Morgan fingerprint density at radius 1 is 0.317 bits per heavy atom. The molecule has 0 saturated heterocycles. The maximum absolute atomic E-state index is 12.8. The van der Waals surface area contributed by atoms with Crippen molar-refractivity contribution in [3.05, 3.63) is 60.8 Å². The Morgan fingerprint density at radius 3 is 0.921 bits per heavy atom. The van der Waals surface area contributed by atoms with Crippen LogP contribution in [0.2, 0.25) is 0 Å². The predicted octanol–water partition coefficient (Wildman–Crippen LogP) is 17.6. The number of allylic oxidation sites excluding steroid dienone is 10. The van der Waals surface area contributed by atoms with Crippen LogP contribution in [-0.2, 0) is 28.6 Å². The van der Waals surface area contributed by atoms with E-state index in [1.54, 1.807) is 0 Å². The van der Waals surface area contributed by atoms with Crippen LogP contribution < -0.4 is 0 Å². The van der Waals surface area contributed by atoms with Gasteiger partial charge in [-0.25, -0.2) is 0 Å². The summed E-state index contributed by atoms with van der Waals surface area (Å²) in [4.78, 5) is 37.7. The van der Waals surface area contributed by atoms with Crippen molar-refractivity contribution in [2.45, 2.75) is 271 Å². The molecule has 1 unspecified atom stereocenters. The number of hydrogen-bond donors (Lipinski definition) is 0. The van der Waals surface area contributed by atoms with Crippen molar-refractivity contribution in [2.75, 3.05) is 13.2 Å². The topological polar surface area (TPSA) is 78.9 Å². The molecule has 0 aliphatic rings. The SMILES string of the molecule is CCCCC/C=C\C/C=C\CCCCCCCCCCCC(=O)OC(COC(=O)CCCCCCC)COC(=O)CCCCCCCC/C=C\C/C=C\C/C=C\CCCCCCC. The summed E-state index contributed by atoms with van der Waals surface area (Å²) in [5, 5.41) is 0.